The molecule has 0 saturated carbocycles. The van der Waals surface area contributed by atoms with E-state index in [0.717, 1.165) is 24.8 Å². The third-order valence-electron chi connectivity index (χ3n) is 2.83. The summed E-state index contributed by atoms with van der Waals surface area (Å²) in [5, 5.41) is 0. The molecule has 88 valence electrons. The Kier molecular flexibility index (Phi) is 5.84. The van der Waals surface area contributed by atoms with Gasteiger partial charge in [0, 0.05) is 12.0 Å². The largest absolute Gasteiger partial charge is 0.294 e. The first-order chi connectivity index (χ1) is 7.77. The molecule has 0 spiro atoms. The van der Waals surface area contributed by atoms with Gasteiger partial charge in [-0.3, -0.25) is 4.79 Å². The monoisotopic (exact) mass is 218 g/mol. The van der Waals surface area contributed by atoms with E-state index in [4.69, 9.17) is 0 Å². The van der Waals surface area contributed by atoms with Gasteiger partial charge in [0.25, 0.3) is 0 Å². The molecule has 1 nitrogen and oxygen atoms in total. The quantitative estimate of drug-likeness (QED) is 0.620. The van der Waals surface area contributed by atoms with Crippen LogP contribution in [0.4, 0.5) is 0 Å². The van der Waals surface area contributed by atoms with Gasteiger partial charge < -0.3 is 0 Å². The van der Waals surface area contributed by atoms with Crippen LogP contribution in [0.15, 0.2) is 24.3 Å². The Bertz CT molecular complexity index is 328. The lowest BCUT2D eigenvalue weighted by atomic mass is 10.0. The molecule has 0 aromatic heterocycles. The smallest absolute Gasteiger partial charge is 0.162 e. The Hall–Kier alpha value is -1.11. The first-order valence-corrected chi connectivity index (χ1v) is 6.40. The number of Topliss-reactive ketones (excluding diaryl/α,β-unsaturated/α-hetero) is 1. The molecule has 0 atom stereocenters. The molecule has 16 heavy (non-hydrogen) atoms. The first-order valence-electron chi connectivity index (χ1n) is 6.40. The summed E-state index contributed by atoms with van der Waals surface area (Å²) >= 11 is 0. The van der Waals surface area contributed by atoms with Gasteiger partial charge in [-0.2, -0.15) is 0 Å². The van der Waals surface area contributed by atoms with Gasteiger partial charge >= 0.3 is 0 Å². The van der Waals surface area contributed by atoms with E-state index >= 15 is 0 Å². The average molecular weight is 218 g/mol. The van der Waals surface area contributed by atoms with Crippen LogP contribution in [-0.2, 0) is 6.42 Å². The zero-order valence-electron chi connectivity index (χ0n) is 10.5. The van der Waals surface area contributed by atoms with Crippen LogP contribution >= 0.6 is 0 Å². The van der Waals surface area contributed by atoms with E-state index in [1.54, 1.807) is 0 Å². The molecule has 1 heteroatoms. The van der Waals surface area contributed by atoms with Gasteiger partial charge in [0.2, 0.25) is 0 Å². The Labute approximate surface area is 98.9 Å². The lowest BCUT2D eigenvalue weighted by Crippen LogP contribution is -1.99. The third-order valence-corrected chi connectivity index (χ3v) is 2.83. The molecule has 0 fully saturated rings. The third kappa shape index (κ3) is 4.18. The van der Waals surface area contributed by atoms with Gasteiger partial charge in [-0.1, -0.05) is 44.9 Å². The van der Waals surface area contributed by atoms with Crippen LogP contribution in [0.5, 0.6) is 0 Å². The second-order valence-electron chi connectivity index (χ2n) is 4.33. The number of rotatable bonds is 7. The van der Waals surface area contributed by atoms with Crippen LogP contribution in [-0.4, -0.2) is 5.78 Å². The molecule has 0 radical (unpaired) electrons. The SMILES string of the molecule is CCCCC(=O)c1cccc(CCCC)c1. The number of carbonyl (C=O) groups is 1. The number of ketones is 1. The van der Waals surface area contributed by atoms with Gasteiger partial charge in [-0.15, -0.1) is 0 Å². The molecule has 1 aromatic rings. The summed E-state index contributed by atoms with van der Waals surface area (Å²) in [5.41, 5.74) is 2.19. The fourth-order valence-electron chi connectivity index (χ4n) is 1.76. The number of carbonyl (C=O) groups excluding carboxylic acids is 1. The Morgan fingerprint density at radius 2 is 1.88 bits per heavy atom. The number of aryl methyl sites for hydroxylation is 1. The fraction of sp³-hybridized carbons (Fsp3) is 0.533. The summed E-state index contributed by atoms with van der Waals surface area (Å²) in [6.07, 6.45) is 6.26. The Morgan fingerprint density at radius 3 is 2.56 bits per heavy atom. The van der Waals surface area contributed by atoms with Gasteiger partial charge in [0.1, 0.15) is 0 Å². The predicted octanol–water partition coefficient (Wildman–Crippen LogP) is 4.40. The van der Waals surface area contributed by atoms with Crippen molar-refractivity contribution < 1.29 is 4.79 Å². The summed E-state index contributed by atoms with van der Waals surface area (Å²) in [7, 11) is 0. The minimum Gasteiger partial charge on any atom is -0.294 e. The minimum absolute atomic E-state index is 0.292. The Morgan fingerprint density at radius 1 is 1.12 bits per heavy atom. The van der Waals surface area contributed by atoms with Crippen molar-refractivity contribution in [2.75, 3.05) is 0 Å². The molecule has 0 amide bonds. The van der Waals surface area contributed by atoms with Crippen molar-refractivity contribution >= 4 is 5.78 Å². The average Bonchev–Trinajstić information content (AvgIpc) is 2.33. The molecule has 0 bridgehead atoms. The summed E-state index contributed by atoms with van der Waals surface area (Å²) in [6, 6.07) is 8.12. The number of hydrogen-bond acceptors (Lipinski definition) is 1. The summed E-state index contributed by atoms with van der Waals surface area (Å²) < 4.78 is 0. The number of hydrogen-bond donors (Lipinski definition) is 0. The lowest BCUT2D eigenvalue weighted by Gasteiger charge is -2.04. The zero-order valence-corrected chi connectivity index (χ0v) is 10.5. The lowest BCUT2D eigenvalue weighted by molar-refractivity contribution is 0.0979. The molecule has 0 aliphatic carbocycles. The molecule has 0 N–H and O–H groups in total. The van der Waals surface area contributed by atoms with Crippen LogP contribution < -0.4 is 0 Å². The van der Waals surface area contributed by atoms with Crippen molar-refractivity contribution in [1.29, 1.82) is 0 Å². The van der Waals surface area contributed by atoms with Crippen LogP contribution in [0.25, 0.3) is 0 Å². The maximum absolute atomic E-state index is 11.8. The molecule has 0 aliphatic heterocycles. The molecule has 1 aromatic carbocycles. The first kappa shape index (κ1) is 13.0. The fourth-order valence-corrected chi connectivity index (χ4v) is 1.76. The van der Waals surface area contributed by atoms with Gasteiger partial charge in [-0.05, 0) is 30.9 Å². The van der Waals surface area contributed by atoms with Crippen molar-refractivity contribution in [3.63, 3.8) is 0 Å². The maximum Gasteiger partial charge on any atom is 0.162 e. The molecule has 1 rings (SSSR count). The van der Waals surface area contributed by atoms with E-state index in [9.17, 15) is 4.79 Å². The van der Waals surface area contributed by atoms with Gasteiger partial charge in [0.15, 0.2) is 5.78 Å². The second-order valence-corrected chi connectivity index (χ2v) is 4.33. The van der Waals surface area contributed by atoms with E-state index in [-0.39, 0.29) is 0 Å². The van der Waals surface area contributed by atoms with E-state index in [2.05, 4.69) is 26.0 Å². The zero-order chi connectivity index (χ0) is 11.8. The van der Waals surface area contributed by atoms with E-state index < -0.39 is 0 Å². The second kappa shape index (κ2) is 7.21. The van der Waals surface area contributed by atoms with Crippen LogP contribution in [0, 0.1) is 0 Å². The van der Waals surface area contributed by atoms with Crippen LogP contribution in [0.1, 0.15) is 61.9 Å². The van der Waals surface area contributed by atoms with Crippen molar-refractivity contribution in [2.24, 2.45) is 0 Å². The normalized spacial score (nSPS) is 10.4. The molecular weight excluding hydrogens is 196 g/mol. The van der Waals surface area contributed by atoms with Crippen molar-refractivity contribution in [3.05, 3.63) is 35.4 Å². The van der Waals surface area contributed by atoms with E-state index in [0.29, 0.717) is 12.2 Å². The maximum atomic E-state index is 11.8. The van der Waals surface area contributed by atoms with Crippen molar-refractivity contribution in [3.8, 4) is 0 Å². The molecule has 0 unspecified atom stereocenters. The minimum atomic E-state index is 0.292. The van der Waals surface area contributed by atoms with Crippen molar-refractivity contribution in [2.45, 2.75) is 52.4 Å². The molecule has 0 aliphatic rings. The molecular formula is C15H22O. The Balaban J connectivity index is 2.62. The van der Waals surface area contributed by atoms with E-state index in [1.165, 1.54) is 18.4 Å². The van der Waals surface area contributed by atoms with E-state index in [1.807, 2.05) is 12.1 Å². The standard InChI is InChI=1S/C15H22O/c1-3-5-8-13-9-7-10-14(12-13)15(16)11-6-4-2/h7,9-10,12H,3-6,8,11H2,1-2H3. The number of unbranched alkanes of at least 4 members (excludes halogenated alkanes) is 2. The highest BCUT2D eigenvalue weighted by Crippen LogP contribution is 2.12. The molecule has 0 saturated heterocycles. The highest BCUT2D eigenvalue weighted by Gasteiger charge is 2.05. The van der Waals surface area contributed by atoms with Gasteiger partial charge in [0.05, 0.1) is 0 Å². The number of benzene rings is 1. The highest BCUT2D eigenvalue weighted by molar-refractivity contribution is 5.96. The summed E-state index contributed by atoms with van der Waals surface area (Å²) in [6.45, 7) is 4.31. The molecule has 0 heterocycles. The summed E-state index contributed by atoms with van der Waals surface area (Å²) in [5.74, 6) is 0.292. The van der Waals surface area contributed by atoms with Crippen LogP contribution in [0.3, 0.4) is 0 Å². The topological polar surface area (TPSA) is 17.1 Å². The van der Waals surface area contributed by atoms with Gasteiger partial charge in [-0.25, -0.2) is 0 Å². The van der Waals surface area contributed by atoms with Crippen LogP contribution in [0.2, 0.25) is 0 Å². The highest BCUT2D eigenvalue weighted by atomic mass is 16.1. The predicted molar refractivity (Wildman–Crippen MR) is 68.9 cm³/mol. The summed E-state index contributed by atoms with van der Waals surface area (Å²) in [4.78, 5) is 11.8. The van der Waals surface area contributed by atoms with Crippen molar-refractivity contribution in [1.82, 2.24) is 0 Å².